The molecule has 0 bridgehead atoms. The molecule has 0 saturated carbocycles. The molecule has 4 rings (SSSR count). The average molecular weight is 404 g/mol. The van der Waals surface area contributed by atoms with Crippen molar-refractivity contribution in [1.82, 2.24) is 9.88 Å². The fraction of sp³-hybridized carbons (Fsp3) is 0.316. The van der Waals surface area contributed by atoms with E-state index in [-0.39, 0.29) is 23.8 Å². The smallest absolute Gasteiger partial charge is 0.414 e. The minimum Gasteiger partial charge on any atom is -0.441 e. The number of amides is 3. The number of benzene rings is 1. The number of carbonyl (C=O) groups excluding carboxylic acids is 2. The zero-order valence-electron chi connectivity index (χ0n) is 15.5. The minimum atomic E-state index is -1.20. The third-order valence-electron chi connectivity index (χ3n) is 4.98. The Balaban J connectivity index is 1.60. The maximum absolute atomic E-state index is 14.7. The first-order valence-electron chi connectivity index (χ1n) is 8.96. The van der Waals surface area contributed by atoms with Crippen LogP contribution >= 0.6 is 0 Å². The van der Waals surface area contributed by atoms with Gasteiger partial charge < -0.3 is 14.7 Å². The molecule has 2 saturated heterocycles. The van der Waals surface area contributed by atoms with E-state index in [2.05, 4.69) is 4.98 Å². The molecule has 152 valence electrons. The number of aliphatic hydroxyl groups is 1. The summed E-state index contributed by atoms with van der Waals surface area (Å²) in [7, 11) is 1.69. The summed E-state index contributed by atoms with van der Waals surface area (Å²) in [6, 6.07) is 5.57. The quantitative estimate of drug-likeness (QED) is 0.845. The summed E-state index contributed by atoms with van der Waals surface area (Å²) >= 11 is 0. The van der Waals surface area contributed by atoms with Crippen molar-refractivity contribution in [3.05, 3.63) is 42.1 Å². The standard InChI is InChI=1S/C19H18F2N4O4/c1-23-6-7-24(18(23)27)15-5-2-11(8-22-15)13-3-4-14(17(21)16(13)20)25-9-12(10-26)29-19(25)28/h2-5,8,12,26H,6-7,9-10H2,1H3. The SMILES string of the molecule is CN1CCN(c2ccc(-c3ccc(N4CC(CO)OC4=O)c(F)c3F)cn2)C1=O. The Morgan fingerprint density at radius 2 is 1.93 bits per heavy atom. The number of nitrogens with zero attached hydrogens (tertiary/aromatic N) is 4. The summed E-state index contributed by atoms with van der Waals surface area (Å²) in [5, 5.41) is 9.09. The minimum absolute atomic E-state index is 0.0264. The Morgan fingerprint density at radius 3 is 2.52 bits per heavy atom. The Labute approximate surface area is 164 Å². The lowest BCUT2D eigenvalue weighted by Crippen LogP contribution is -2.29. The lowest BCUT2D eigenvalue weighted by atomic mass is 10.1. The van der Waals surface area contributed by atoms with E-state index in [4.69, 9.17) is 9.84 Å². The number of rotatable bonds is 4. The number of aliphatic hydroxyl groups excluding tert-OH is 1. The van der Waals surface area contributed by atoms with Crippen molar-refractivity contribution >= 4 is 23.6 Å². The first kappa shape index (κ1) is 19.1. The molecular weight excluding hydrogens is 386 g/mol. The number of carbonyl (C=O) groups is 2. The molecule has 1 unspecified atom stereocenters. The number of pyridine rings is 1. The van der Waals surface area contributed by atoms with Crippen LogP contribution in [0, 0.1) is 11.6 Å². The topological polar surface area (TPSA) is 86.2 Å². The van der Waals surface area contributed by atoms with Crippen LogP contribution in [0.15, 0.2) is 30.5 Å². The summed E-state index contributed by atoms with van der Waals surface area (Å²) in [5.41, 5.74) is 0.0397. The van der Waals surface area contributed by atoms with Gasteiger partial charge in [-0.25, -0.2) is 23.4 Å². The molecule has 2 aliphatic heterocycles. The van der Waals surface area contributed by atoms with Crippen LogP contribution in [0.2, 0.25) is 0 Å². The number of aromatic nitrogens is 1. The van der Waals surface area contributed by atoms with Crippen molar-refractivity contribution < 1.29 is 28.2 Å². The molecule has 0 spiro atoms. The Hall–Kier alpha value is -3.27. The van der Waals surface area contributed by atoms with Crippen molar-refractivity contribution in [1.29, 1.82) is 0 Å². The highest BCUT2D eigenvalue weighted by atomic mass is 19.2. The van der Waals surface area contributed by atoms with Gasteiger partial charge in [0, 0.05) is 37.5 Å². The van der Waals surface area contributed by atoms with Crippen molar-refractivity contribution in [2.24, 2.45) is 0 Å². The van der Waals surface area contributed by atoms with E-state index < -0.39 is 30.4 Å². The highest BCUT2D eigenvalue weighted by Gasteiger charge is 2.34. The molecular formula is C19H18F2N4O4. The molecule has 1 atom stereocenters. The van der Waals surface area contributed by atoms with Crippen LogP contribution in [-0.4, -0.2) is 66.5 Å². The van der Waals surface area contributed by atoms with Crippen molar-refractivity contribution in [3.63, 3.8) is 0 Å². The molecule has 3 heterocycles. The predicted octanol–water partition coefficient (Wildman–Crippen LogP) is 2.22. The predicted molar refractivity (Wildman–Crippen MR) is 99.7 cm³/mol. The van der Waals surface area contributed by atoms with Gasteiger partial charge in [-0.3, -0.25) is 9.80 Å². The van der Waals surface area contributed by atoms with Crippen LogP contribution in [0.5, 0.6) is 0 Å². The van der Waals surface area contributed by atoms with Crippen molar-refractivity contribution in [2.45, 2.75) is 6.10 Å². The van der Waals surface area contributed by atoms with Crippen LogP contribution in [-0.2, 0) is 4.74 Å². The third-order valence-corrected chi connectivity index (χ3v) is 4.98. The second-order valence-electron chi connectivity index (χ2n) is 6.82. The van der Waals surface area contributed by atoms with E-state index in [1.54, 1.807) is 24.1 Å². The molecule has 1 aromatic heterocycles. The summed E-state index contributed by atoms with van der Waals surface area (Å²) in [5.74, 6) is -1.90. The molecule has 1 N–H and O–H groups in total. The number of likely N-dealkylation sites (N-methyl/N-ethyl adjacent to an activating group) is 1. The van der Waals surface area contributed by atoms with E-state index in [1.165, 1.54) is 23.2 Å². The van der Waals surface area contributed by atoms with Gasteiger partial charge in [-0.1, -0.05) is 0 Å². The molecule has 3 amide bonds. The van der Waals surface area contributed by atoms with E-state index in [0.717, 1.165) is 4.90 Å². The van der Waals surface area contributed by atoms with Crippen LogP contribution in [0.3, 0.4) is 0 Å². The monoisotopic (exact) mass is 404 g/mol. The van der Waals surface area contributed by atoms with E-state index in [9.17, 15) is 18.4 Å². The van der Waals surface area contributed by atoms with Crippen molar-refractivity contribution in [3.8, 4) is 11.1 Å². The third kappa shape index (κ3) is 3.25. The molecule has 0 aliphatic carbocycles. The van der Waals surface area contributed by atoms with Gasteiger partial charge in [0.15, 0.2) is 11.6 Å². The van der Waals surface area contributed by atoms with Gasteiger partial charge in [0.2, 0.25) is 0 Å². The normalized spacial score (nSPS) is 19.3. The Bertz CT molecular complexity index is 969. The number of hydrogen-bond donors (Lipinski definition) is 1. The van der Waals surface area contributed by atoms with Gasteiger partial charge in [-0.15, -0.1) is 0 Å². The number of cyclic esters (lactones) is 1. The maximum Gasteiger partial charge on any atom is 0.414 e. The maximum atomic E-state index is 14.7. The van der Waals surface area contributed by atoms with Gasteiger partial charge in [-0.2, -0.15) is 0 Å². The second kappa shape index (κ2) is 7.28. The highest BCUT2D eigenvalue weighted by molar-refractivity contribution is 5.93. The van der Waals surface area contributed by atoms with Gasteiger partial charge in [-0.05, 0) is 24.3 Å². The zero-order chi connectivity index (χ0) is 20.7. The van der Waals surface area contributed by atoms with E-state index in [1.807, 2.05) is 0 Å². The average Bonchev–Trinajstić information content (AvgIpc) is 3.26. The molecule has 29 heavy (non-hydrogen) atoms. The zero-order valence-corrected chi connectivity index (χ0v) is 15.5. The Kier molecular flexibility index (Phi) is 4.79. The van der Waals surface area contributed by atoms with Gasteiger partial charge in [0.05, 0.1) is 18.8 Å². The fourth-order valence-electron chi connectivity index (χ4n) is 3.35. The molecule has 1 aromatic carbocycles. The fourth-order valence-corrected chi connectivity index (χ4v) is 3.35. The Morgan fingerprint density at radius 1 is 1.14 bits per heavy atom. The number of urea groups is 1. The van der Waals surface area contributed by atoms with E-state index in [0.29, 0.717) is 24.5 Å². The lowest BCUT2D eigenvalue weighted by molar-refractivity contribution is 0.0963. The molecule has 2 aromatic rings. The molecule has 2 aliphatic rings. The highest BCUT2D eigenvalue weighted by Crippen LogP contribution is 2.32. The van der Waals surface area contributed by atoms with Gasteiger partial charge in [0.25, 0.3) is 0 Å². The number of ether oxygens (including phenoxy) is 1. The van der Waals surface area contributed by atoms with E-state index >= 15 is 0 Å². The van der Waals surface area contributed by atoms with Crippen molar-refractivity contribution in [2.75, 3.05) is 43.1 Å². The summed E-state index contributed by atoms with van der Waals surface area (Å²) in [6.45, 7) is 0.608. The summed E-state index contributed by atoms with van der Waals surface area (Å²) < 4.78 is 34.2. The first-order valence-corrected chi connectivity index (χ1v) is 8.96. The van der Waals surface area contributed by atoms with Gasteiger partial charge >= 0.3 is 12.1 Å². The lowest BCUT2D eigenvalue weighted by Gasteiger charge is -2.17. The number of halogens is 2. The number of hydrogen-bond acceptors (Lipinski definition) is 5. The molecule has 2 fully saturated rings. The van der Waals surface area contributed by atoms with Crippen LogP contribution in [0.4, 0.5) is 29.9 Å². The molecule has 0 radical (unpaired) electrons. The molecule has 8 nitrogen and oxygen atoms in total. The second-order valence-corrected chi connectivity index (χ2v) is 6.82. The first-order chi connectivity index (χ1) is 13.9. The largest absolute Gasteiger partial charge is 0.441 e. The number of anilines is 2. The van der Waals surface area contributed by atoms with Crippen LogP contribution < -0.4 is 9.80 Å². The summed E-state index contributed by atoms with van der Waals surface area (Å²) in [4.78, 5) is 32.1. The summed E-state index contributed by atoms with van der Waals surface area (Å²) in [6.07, 6.45) is -0.264. The van der Waals surface area contributed by atoms with Crippen LogP contribution in [0.25, 0.3) is 11.1 Å². The van der Waals surface area contributed by atoms with Crippen LogP contribution in [0.1, 0.15) is 0 Å². The van der Waals surface area contributed by atoms with Gasteiger partial charge in [0.1, 0.15) is 11.9 Å². The molecule has 10 heteroatoms.